The number of carbonyl (C=O) groups excluding carboxylic acids is 1. The second-order valence-electron chi connectivity index (χ2n) is 5.34. The lowest BCUT2D eigenvalue weighted by atomic mass is 10.1. The van der Waals surface area contributed by atoms with Crippen molar-refractivity contribution in [2.24, 2.45) is 0 Å². The van der Waals surface area contributed by atoms with Crippen LogP contribution in [0.2, 0.25) is 0 Å². The SMILES string of the molecule is COC(=O)c1cc(C#N)c(N2C[C@H](C)O[C@@H](C)C2)[nH+]c1C. The molecule has 1 aliphatic heterocycles. The Balaban J connectivity index is 2.42. The number of anilines is 1. The lowest BCUT2D eigenvalue weighted by Crippen LogP contribution is -2.48. The monoisotopic (exact) mass is 290 g/mol. The Bertz CT molecular complexity index is 585. The molecule has 1 fully saturated rings. The molecule has 2 heterocycles. The van der Waals surface area contributed by atoms with Crippen molar-refractivity contribution < 1.29 is 19.3 Å². The summed E-state index contributed by atoms with van der Waals surface area (Å²) in [6.45, 7) is 7.21. The third-order valence-corrected chi connectivity index (χ3v) is 3.52. The summed E-state index contributed by atoms with van der Waals surface area (Å²) in [5.41, 5.74) is 1.50. The molecular formula is C15H20N3O3+. The number of morpholine rings is 1. The number of hydrogen-bond acceptors (Lipinski definition) is 5. The Labute approximate surface area is 124 Å². The van der Waals surface area contributed by atoms with Crippen LogP contribution in [0.3, 0.4) is 0 Å². The van der Waals surface area contributed by atoms with Crippen molar-refractivity contribution in [1.82, 2.24) is 0 Å². The van der Waals surface area contributed by atoms with Crippen LogP contribution < -0.4 is 9.88 Å². The number of H-pyrrole nitrogens is 1. The fourth-order valence-electron chi connectivity index (χ4n) is 2.65. The van der Waals surface area contributed by atoms with E-state index in [1.165, 1.54) is 7.11 Å². The molecule has 21 heavy (non-hydrogen) atoms. The summed E-state index contributed by atoms with van der Waals surface area (Å²) in [7, 11) is 1.33. The smallest absolute Gasteiger partial charge is 0.341 e. The van der Waals surface area contributed by atoms with Crippen molar-refractivity contribution in [3.8, 4) is 6.07 Å². The number of aromatic amines is 1. The van der Waals surface area contributed by atoms with E-state index in [0.29, 0.717) is 29.9 Å². The standard InChI is InChI=1S/C15H19N3O3/c1-9-7-18(8-10(2)21-9)14-12(6-16)5-13(11(3)17-14)15(19)20-4/h5,9-10H,7-8H2,1-4H3/p+1/t9-,10-/m0/s1. The predicted octanol–water partition coefficient (Wildman–Crippen LogP) is 1.08. The molecule has 0 spiro atoms. The fourth-order valence-corrected chi connectivity index (χ4v) is 2.65. The average Bonchev–Trinajstić information content (AvgIpc) is 2.45. The van der Waals surface area contributed by atoms with Gasteiger partial charge in [0, 0.05) is 0 Å². The zero-order valence-corrected chi connectivity index (χ0v) is 12.8. The molecule has 1 aromatic heterocycles. The number of nitrogens with one attached hydrogen (secondary N) is 1. The number of aromatic nitrogens is 1. The van der Waals surface area contributed by atoms with Gasteiger partial charge < -0.3 is 9.47 Å². The highest BCUT2D eigenvalue weighted by Gasteiger charge is 2.32. The second kappa shape index (κ2) is 6.10. The van der Waals surface area contributed by atoms with Crippen molar-refractivity contribution in [3.05, 3.63) is 22.9 Å². The molecule has 0 unspecified atom stereocenters. The number of nitrogens with zero attached hydrogens (tertiary/aromatic N) is 2. The molecule has 2 rings (SSSR count). The number of pyridine rings is 1. The van der Waals surface area contributed by atoms with Gasteiger partial charge in [-0.05, 0) is 26.8 Å². The van der Waals surface area contributed by atoms with Gasteiger partial charge in [0.2, 0.25) is 0 Å². The Kier molecular flexibility index (Phi) is 4.43. The van der Waals surface area contributed by atoms with Crippen LogP contribution in [0.4, 0.5) is 5.82 Å². The first-order chi connectivity index (χ1) is 9.96. The summed E-state index contributed by atoms with van der Waals surface area (Å²) in [6.07, 6.45) is 0.184. The van der Waals surface area contributed by atoms with E-state index in [1.807, 2.05) is 13.8 Å². The highest BCUT2D eigenvalue weighted by molar-refractivity contribution is 5.90. The lowest BCUT2D eigenvalue weighted by Gasteiger charge is -2.31. The van der Waals surface area contributed by atoms with Crippen LogP contribution in [0.25, 0.3) is 0 Å². The van der Waals surface area contributed by atoms with Gasteiger partial charge >= 0.3 is 5.97 Å². The van der Waals surface area contributed by atoms with Crippen LogP contribution in [0, 0.1) is 18.3 Å². The Morgan fingerprint density at radius 3 is 2.62 bits per heavy atom. The zero-order valence-electron chi connectivity index (χ0n) is 12.8. The highest BCUT2D eigenvalue weighted by Crippen LogP contribution is 2.21. The third-order valence-electron chi connectivity index (χ3n) is 3.52. The third kappa shape index (κ3) is 3.14. The Hall–Kier alpha value is -2.13. The topological polar surface area (TPSA) is 76.7 Å². The largest absolute Gasteiger partial charge is 0.465 e. The van der Waals surface area contributed by atoms with Crippen molar-refractivity contribution in [2.45, 2.75) is 33.0 Å². The molecule has 6 nitrogen and oxygen atoms in total. The molecule has 112 valence electrons. The number of hydrogen-bond donors (Lipinski definition) is 0. The van der Waals surface area contributed by atoms with Gasteiger partial charge in [0.05, 0.1) is 19.3 Å². The van der Waals surface area contributed by atoms with Crippen molar-refractivity contribution in [1.29, 1.82) is 5.26 Å². The van der Waals surface area contributed by atoms with Gasteiger partial charge in [-0.1, -0.05) is 0 Å². The molecule has 1 aromatic rings. The first-order valence-electron chi connectivity index (χ1n) is 6.92. The number of rotatable bonds is 2. The van der Waals surface area contributed by atoms with Crippen LogP contribution in [0.5, 0.6) is 0 Å². The number of carbonyl (C=O) groups is 1. The first-order valence-corrected chi connectivity index (χ1v) is 6.92. The van der Waals surface area contributed by atoms with E-state index in [9.17, 15) is 10.1 Å². The van der Waals surface area contributed by atoms with Crippen LogP contribution in [-0.2, 0) is 9.47 Å². The van der Waals surface area contributed by atoms with Crippen LogP contribution in [-0.4, -0.2) is 38.4 Å². The zero-order chi connectivity index (χ0) is 15.6. The van der Waals surface area contributed by atoms with E-state index >= 15 is 0 Å². The molecule has 0 amide bonds. The first kappa shape index (κ1) is 15.3. The minimum Gasteiger partial charge on any atom is -0.465 e. The molecule has 2 atom stereocenters. The van der Waals surface area contributed by atoms with E-state index in [4.69, 9.17) is 9.47 Å². The fraction of sp³-hybridized carbons (Fsp3) is 0.533. The second-order valence-corrected chi connectivity index (χ2v) is 5.34. The summed E-state index contributed by atoms with van der Waals surface area (Å²) < 4.78 is 10.4. The van der Waals surface area contributed by atoms with Crippen molar-refractivity contribution in [3.63, 3.8) is 0 Å². The van der Waals surface area contributed by atoms with Gasteiger partial charge in [-0.15, -0.1) is 0 Å². The van der Waals surface area contributed by atoms with Crippen LogP contribution in [0.1, 0.15) is 35.5 Å². The van der Waals surface area contributed by atoms with Gasteiger partial charge in [0.15, 0.2) is 0 Å². The number of nitriles is 1. The molecule has 0 saturated carbocycles. The summed E-state index contributed by atoms with van der Waals surface area (Å²) in [5, 5.41) is 9.37. The van der Waals surface area contributed by atoms with Crippen molar-refractivity contribution in [2.75, 3.05) is 25.1 Å². The minimum absolute atomic E-state index is 0.0919. The van der Waals surface area contributed by atoms with E-state index in [0.717, 1.165) is 5.82 Å². The molecular weight excluding hydrogens is 270 g/mol. The van der Waals surface area contributed by atoms with Gasteiger partial charge in [0.1, 0.15) is 36.0 Å². The maximum absolute atomic E-state index is 11.7. The molecule has 0 aromatic carbocycles. The van der Waals surface area contributed by atoms with Crippen LogP contribution in [0.15, 0.2) is 6.07 Å². The lowest BCUT2D eigenvalue weighted by molar-refractivity contribution is -0.375. The maximum Gasteiger partial charge on any atom is 0.341 e. The Morgan fingerprint density at radius 1 is 1.48 bits per heavy atom. The number of aryl methyl sites for hydroxylation is 1. The van der Waals surface area contributed by atoms with Gasteiger partial charge in [-0.25, -0.2) is 9.78 Å². The summed E-state index contributed by atoms with van der Waals surface area (Å²) in [5.74, 6) is 0.278. The molecule has 1 N–H and O–H groups in total. The van der Waals surface area contributed by atoms with E-state index in [2.05, 4.69) is 16.0 Å². The maximum atomic E-state index is 11.7. The highest BCUT2D eigenvalue weighted by atomic mass is 16.5. The van der Waals surface area contributed by atoms with Gasteiger partial charge in [0.25, 0.3) is 5.82 Å². The van der Waals surface area contributed by atoms with E-state index in [-0.39, 0.29) is 12.2 Å². The van der Waals surface area contributed by atoms with Crippen molar-refractivity contribution >= 4 is 11.8 Å². The molecule has 6 heteroatoms. The molecule has 0 bridgehead atoms. The number of methoxy groups -OCH3 is 1. The average molecular weight is 290 g/mol. The summed E-state index contributed by atoms with van der Waals surface area (Å²) in [6, 6.07) is 3.73. The normalized spacial score (nSPS) is 21.8. The molecule has 1 saturated heterocycles. The summed E-state index contributed by atoms with van der Waals surface area (Å²) in [4.78, 5) is 17.0. The minimum atomic E-state index is -0.449. The molecule has 1 aliphatic rings. The number of esters is 1. The summed E-state index contributed by atoms with van der Waals surface area (Å²) >= 11 is 0. The molecule has 0 aliphatic carbocycles. The van der Waals surface area contributed by atoms with E-state index in [1.54, 1.807) is 13.0 Å². The predicted molar refractivity (Wildman–Crippen MR) is 76.0 cm³/mol. The quantitative estimate of drug-likeness (QED) is 0.762. The molecule has 0 radical (unpaired) electrons. The van der Waals surface area contributed by atoms with Gasteiger partial charge in [-0.3, -0.25) is 4.90 Å². The number of ether oxygens (including phenoxy) is 2. The van der Waals surface area contributed by atoms with E-state index < -0.39 is 5.97 Å². The van der Waals surface area contributed by atoms with Crippen LogP contribution >= 0.6 is 0 Å². The van der Waals surface area contributed by atoms with Gasteiger partial charge in [-0.2, -0.15) is 5.26 Å². The Morgan fingerprint density at radius 2 is 2.10 bits per heavy atom.